The zero-order chi connectivity index (χ0) is 20.6. The molecule has 0 unspecified atom stereocenters. The van der Waals surface area contributed by atoms with Gasteiger partial charge < -0.3 is 4.74 Å². The first-order valence-electron chi connectivity index (χ1n) is 8.95. The van der Waals surface area contributed by atoms with E-state index >= 15 is 0 Å². The first-order valence-corrected chi connectivity index (χ1v) is 9.33. The maximum Gasteiger partial charge on any atom is 0.343 e. The summed E-state index contributed by atoms with van der Waals surface area (Å²) in [5.74, 6) is -0.407. The molecule has 0 heterocycles. The molecule has 0 saturated carbocycles. The first kappa shape index (κ1) is 20.3. The van der Waals surface area contributed by atoms with E-state index in [-0.39, 0.29) is 12.3 Å². The van der Waals surface area contributed by atoms with Gasteiger partial charge in [-0.3, -0.25) is 4.79 Å². The summed E-state index contributed by atoms with van der Waals surface area (Å²) in [4.78, 5) is 24.3. The van der Waals surface area contributed by atoms with Crippen LogP contribution in [0.2, 0.25) is 5.02 Å². The molecule has 3 rings (SSSR count). The number of hydrogen-bond donors (Lipinski definition) is 1. The molecule has 0 aromatic heterocycles. The number of carbonyl (C=O) groups is 2. The van der Waals surface area contributed by atoms with Crippen LogP contribution in [-0.2, 0) is 11.2 Å². The molecule has 146 valence electrons. The number of halogens is 1. The number of carbonyl (C=O) groups excluding carboxylic acids is 2. The largest absolute Gasteiger partial charge is 0.422 e. The minimum absolute atomic E-state index is 0.227. The van der Waals surface area contributed by atoms with Crippen LogP contribution in [0.3, 0.4) is 0 Å². The SMILES string of the molecule is Cc1ccc(CC(=O)N/N=C\c2ccccc2OC(=O)c2ccc(Cl)cc2)cc1. The van der Waals surface area contributed by atoms with Crippen LogP contribution in [0.4, 0.5) is 0 Å². The average molecular weight is 407 g/mol. The minimum Gasteiger partial charge on any atom is -0.422 e. The summed E-state index contributed by atoms with van der Waals surface area (Å²) in [6, 6.07) is 21.1. The summed E-state index contributed by atoms with van der Waals surface area (Å²) in [5.41, 5.74) is 5.47. The highest BCUT2D eigenvalue weighted by Gasteiger charge is 2.11. The van der Waals surface area contributed by atoms with E-state index < -0.39 is 5.97 Å². The molecule has 1 N–H and O–H groups in total. The number of amides is 1. The van der Waals surface area contributed by atoms with Gasteiger partial charge in [0.05, 0.1) is 18.2 Å². The number of para-hydroxylation sites is 1. The van der Waals surface area contributed by atoms with Gasteiger partial charge in [-0.2, -0.15) is 5.10 Å². The van der Waals surface area contributed by atoms with Crippen molar-refractivity contribution < 1.29 is 14.3 Å². The Hall–Kier alpha value is -3.44. The summed E-state index contributed by atoms with van der Waals surface area (Å²) in [5, 5.41) is 4.51. The number of rotatable bonds is 6. The number of nitrogens with one attached hydrogen (secondary N) is 1. The van der Waals surface area contributed by atoms with Crippen molar-refractivity contribution in [2.24, 2.45) is 5.10 Å². The smallest absolute Gasteiger partial charge is 0.343 e. The number of hydrazone groups is 1. The molecule has 0 spiro atoms. The second-order valence-corrected chi connectivity index (χ2v) is 6.83. The minimum atomic E-state index is -0.508. The highest BCUT2D eigenvalue weighted by atomic mass is 35.5. The molecule has 0 atom stereocenters. The Morgan fingerprint density at radius 1 is 1.00 bits per heavy atom. The van der Waals surface area contributed by atoms with Crippen LogP contribution in [-0.4, -0.2) is 18.1 Å². The molecule has 3 aromatic rings. The van der Waals surface area contributed by atoms with E-state index in [9.17, 15) is 9.59 Å². The lowest BCUT2D eigenvalue weighted by molar-refractivity contribution is -0.120. The fourth-order valence-corrected chi connectivity index (χ4v) is 2.66. The maximum absolute atomic E-state index is 12.3. The van der Waals surface area contributed by atoms with Gasteiger partial charge in [0.15, 0.2) is 0 Å². The Balaban J connectivity index is 1.62. The summed E-state index contributed by atoms with van der Waals surface area (Å²) in [7, 11) is 0. The van der Waals surface area contributed by atoms with Crippen molar-refractivity contribution in [2.75, 3.05) is 0 Å². The molecule has 0 aliphatic heterocycles. The Labute approximate surface area is 174 Å². The Morgan fingerprint density at radius 2 is 1.69 bits per heavy atom. The van der Waals surface area contributed by atoms with Crippen molar-refractivity contribution in [1.82, 2.24) is 5.43 Å². The fraction of sp³-hybridized carbons (Fsp3) is 0.0870. The van der Waals surface area contributed by atoms with Crippen molar-refractivity contribution in [3.05, 3.63) is 100 Å². The molecule has 3 aromatic carbocycles. The first-order chi connectivity index (χ1) is 14.0. The molecule has 0 radical (unpaired) electrons. The number of aryl methyl sites for hydroxylation is 1. The predicted molar refractivity (Wildman–Crippen MR) is 113 cm³/mol. The van der Waals surface area contributed by atoms with E-state index in [1.807, 2.05) is 31.2 Å². The Kier molecular flexibility index (Phi) is 6.76. The van der Waals surface area contributed by atoms with Crippen LogP contribution in [0.1, 0.15) is 27.0 Å². The zero-order valence-electron chi connectivity index (χ0n) is 15.8. The summed E-state index contributed by atoms with van der Waals surface area (Å²) in [6.45, 7) is 1.99. The molecule has 0 aliphatic carbocycles. The Morgan fingerprint density at radius 3 is 2.41 bits per heavy atom. The molecule has 29 heavy (non-hydrogen) atoms. The number of nitrogens with zero attached hydrogens (tertiary/aromatic N) is 1. The highest BCUT2D eigenvalue weighted by Crippen LogP contribution is 2.18. The van der Waals surface area contributed by atoms with Gasteiger partial charge in [0.25, 0.3) is 0 Å². The molecule has 0 bridgehead atoms. The van der Waals surface area contributed by atoms with E-state index in [0.717, 1.165) is 11.1 Å². The van der Waals surface area contributed by atoms with Gasteiger partial charge in [-0.25, -0.2) is 10.2 Å². The molecule has 5 nitrogen and oxygen atoms in total. The van der Waals surface area contributed by atoms with Crippen molar-refractivity contribution in [1.29, 1.82) is 0 Å². The highest BCUT2D eigenvalue weighted by molar-refractivity contribution is 6.30. The monoisotopic (exact) mass is 406 g/mol. The zero-order valence-corrected chi connectivity index (χ0v) is 16.5. The van der Waals surface area contributed by atoms with Gasteiger partial charge in [0.2, 0.25) is 5.91 Å². The lowest BCUT2D eigenvalue weighted by atomic mass is 10.1. The number of ether oxygens (including phenoxy) is 1. The topological polar surface area (TPSA) is 67.8 Å². The van der Waals surface area contributed by atoms with Gasteiger partial charge in [0, 0.05) is 10.6 Å². The van der Waals surface area contributed by atoms with Gasteiger partial charge in [-0.1, -0.05) is 53.6 Å². The lowest BCUT2D eigenvalue weighted by Crippen LogP contribution is -2.19. The molecular weight excluding hydrogens is 388 g/mol. The third-order valence-electron chi connectivity index (χ3n) is 4.08. The lowest BCUT2D eigenvalue weighted by Gasteiger charge is -2.07. The van der Waals surface area contributed by atoms with Gasteiger partial charge >= 0.3 is 5.97 Å². The van der Waals surface area contributed by atoms with E-state index in [0.29, 0.717) is 21.9 Å². The van der Waals surface area contributed by atoms with E-state index in [4.69, 9.17) is 16.3 Å². The number of benzene rings is 3. The van der Waals surface area contributed by atoms with E-state index in [1.54, 1.807) is 48.5 Å². The predicted octanol–water partition coefficient (Wildman–Crippen LogP) is 4.56. The normalized spacial score (nSPS) is 10.7. The second kappa shape index (κ2) is 9.66. The fourth-order valence-electron chi connectivity index (χ4n) is 2.53. The Bertz CT molecular complexity index is 1030. The third kappa shape index (κ3) is 6.02. The van der Waals surface area contributed by atoms with Crippen LogP contribution in [0.5, 0.6) is 5.75 Å². The number of hydrogen-bond acceptors (Lipinski definition) is 4. The van der Waals surface area contributed by atoms with Crippen molar-refractivity contribution in [3.63, 3.8) is 0 Å². The van der Waals surface area contributed by atoms with Crippen molar-refractivity contribution in [3.8, 4) is 5.75 Å². The molecule has 0 saturated heterocycles. The molecule has 0 fully saturated rings. The summed E-state index contributed by atoms with van der Waals surface area (Å²) < 4.78 is 5.45. The molecule has 6 heteroatoms. The molecule has 1 amide bonds. The van der Waals surface area contributed by atoms with Crippen LogP contribution >= 0.6 is 11.6 Å². The maximum atomic E-state index is 12.3. The summed E-state index contributed by atoms with van der Waals surface area (Å²) >= 11 is 5.84. The van der Waals surface area contributed by atoms with Gasteiger partial charge in [-0.05, 0) is 48.9 Å². The van der Waals surface area contributed by atoms with Gasteiger partial charge in [-0.15, -0.1) is 0 Å². The molecule has 0 aliphatic rings. The van der Waals surface area contributed by atoms with Crippen LogP contribution in [0, 0.1) is 6.92 Å². The van der Waals surface area contributed by atoms with E-state index in [2.05, 4.69) is 10.5 Å². The average Bonchev–Trinajstić information content (AvgIpc) is 2.71. The second-order valence-electron chi connectivity index (χ2n) is 6.39. The number of esters is 1. The van der Waals surface area contributed by atoms with Gasteiger partial charge in [0.1, 0.15) is 5.75 Å². The van der Waals surface area contributed by atoms with Crippen LogP contribution in [0.25, 0.3) is 0 Å². The van der Waals surface area contributed by atoms with Crippen LogP contribution < -0.4 is 10.2 Å². The quantitative estimate of drug-likeness (QED) is 0.282. The van der Waals surface area contributed by atoms with Crippen LogP contribution in [0.15, 0.2) is 77.9 Å². The van der Waals surface area contributed by atoms with E-state index in [1.165, 1.54) is 6.21 Å². The molecular formula is C23H19ClN2O3. The van der Waals surface area contributed by atoms with Crippen molar-refractivity contribution >= 4 is 29.7 Å². The standard InChI is InChI=1S/C23H19ClN2O3/c1-16-6-8-17(9-7-16)14-22(27)26-25-15-19-4-2-3-5-21(19)29-23(28)18-10-12-20(24)13-11-18/h2-13,15H,14H2,1H3,(H,26,27)/b25-15-. The summed E-state index contributed by atoms with van der Waals surface area (Å²) in [6.07, 6.45) is 1.67. The third-order valence-corrected chi connectivity index (χ3v) is 4.33. The van der Waals surface area contributed by atoms with Crippen molar-refractivity contribution in [2.45, 2.75) is 13.3 Å².